The number of carbonyl (C=O) groups is 3. The highest BCUT2D eigenvalue weighted by Gasteiger charge is 2.02. The minimum absolute atomic E-state index is 0.0186. The molecule has 0 radical (unpaired) electrons. The highest BCUT2D eigenvalue weighted by molar-refractivity contribution is 5.97. The first-order valence-corrected chi connectivity index (χ1v) is 7.63. The van der Waals surface area contributed by atoms with Gasteiger partial charge >= 0.3 is 0 Å². The van der Waals surface area contributed by atoms with E-state index in [0.717, 1.165) is 5.56 Å². The maximum Gasteiger partial charge on any atom is 0.159 e. The second kappa shape index (κ2) is 8.89. The molecule has 1 atom stereocenters. The summed E-state index contributed by atoms with van der Waals surface area (Å²) in [7, 11) is 0. The largest absolute Gasteiger partial charge is 0.389 e. The van der Waals surface area contributed by atoms with Gasteiger partial charge in [0.05, 0.1) is 6.10 Å². The maximum absolute atomic E-state index is 10.9. The van der Waals surface area contributed by atoms with Crippen molar-refractivity contribution < 1.29 is 19.5 Å². The summed E-state index contributed by atoms with van der Waals surface area (Å²) in [5, 5.41) is 9.17. The summed E-state index contributed by atoms with van der Waals surface area (Å²) in [6.45, 7) is 6.23. The molecule has 2 aromatic carbocycles. The number of benzene rings is 2. The van der Waals surface area contributed by atoms with E-state index in [0.29, 0.717) is 16.7 Å². The van der Waals surface area contributed by atoms with Gasteiger partial charge in [-0.2, -0.15) is 0 Å². The SMILES string of the molecule is CC(=O)c1ccc(C(C)=O)cc1.CC(=O)c1ccc(C(C)O)cc1. The molecule has 0 aliphatic heterocycles. The number of hydrogen-bond donors (Lipinski definition) is 1. The van der Waals surface area contributed by atoms with Crippen LogP contribution in [0.5, 0.6) is 0 Å². The first-order chi connectivity index (χ1) is 11.2. The third-order valence-corrected chi connectivity index (χ3v) is 3.50. The first kappa shape index (κ1) is 19.5. The fourth-order valence-corrected chi connectivity index (χ4v) is 1.94. The van der Waals surface area contributed by atoms with E-state index >= 15 is 0 Å². The molecule has 2 rings (SSSR count). The Bertz CT molecular complexity index is 677. The van der Waals surface area contributed by atoms with Crippen molar-refractivity contribution in [3.05, 3.63) is 70.8 Å². The molecule has 0 heterocycles. The second-order valence-electron chi connectivity index (χ2n) is 5.54. The molecule has 1 N–H and O–H groups in total. The molecule has 2 aromatic rings. The van der Waals surface area contributed by atoms with Crippen LogP contribution in [0.25, 0.3) is 0 Å². The van der Waals surface area contributed by atoms with Gasteiger partial charge in [0.15, 0.2) is 17.3 Å². The van der Waals surface area contributed by atoms with Crippen LogP contribution in [0.3, 0.4) is 0 Å². The summed E-state index contributed by atoms with van der Waals surface area (Å²) in [4.78, 5) is 32.5. The van der Waals surface area contributed by atoms with Crippen LogP contribution in [0.15, 0.2) is 48.5 Å². The zero-order chi connectivity index (χ0) is 18.3. The maximum atomic E-state index is 10.9. The summed E-state index contributed by atoms with van der Waals surface area (Å²) >= 11 is 0. The fraction of sp³-hybridized carbons (Fsp3) is 0.250. The Labute approximate surface area is 142 Å². The molecular formula is C20H22O4. The Hall–Kier alpha value is -2.59. The Morgan fingerprint density at radius 2 is 0.917 bits per heavy atom. The molecule has 0 bridgehead atoms. The number of ketones is 3. The highest BCUT2D eigenvalue weighted by atomic mass is 16.3. The van der Waals surface area contributed by atoms with Gasteiger partial charge in [0.2, 0.25) is 0 Å². The molecule has 24 heavy (non-hydrogen) atoms. The highest BCUT2D eigenvalue weighted by Crippen LogP contribution is 2.12. The standard InChI is InChI=1S/C10H12O2.C10H10O2/c2*1-7(11)9-3-5-10(6-4-9)8(2)12/h3-7,11H,1-2H3;3-6H,1-2H3. The van der Waals surface area contributed by atoms with Crippen molar-refractivity contribution in [2.45, 2.75) is 33.8 Å². The molecule has 126 valence electrons. The lowest BCUT2D eigenvalue weighted by atomic mass is 10.1. The van der Waals surface area contributed by atoms with Crippen molar-refractivity contribution in [3.63, 3.8) is 0 Å². The Morgan fingerprint density at radius 3 is 1.12 bits per heavy atom. The van der Waals surface area contributed by atoms with Crippen LogP contribution in [-0.2, 0) is 0 Å². The summed E-state index contributed by atoms with van der Waals surface area (Å²) in [5.41, 5.74) is 2.79. The van der Waals surface area contributed by atoms with Crippen LogP contribution in [0, 0.1) is 0 Å². The van der Waals surface area contributed by atoms with Gasteiger partial charge in [-0.15, -0.1) is 0 Å². The van der Waals surface area contributed by atoms with E-state index in [-0.39, 0.29) is 17.3 Å². The third kappa shape index (κ3) is 5.89. The van der Waals surface area contributed by atoms with E-state index in [1.165, 1.54) is 20.8 Å². The topological polar surface area (TPSA) is 71.4 Å². The summed E-state index contributed by atoms with van der Waals surface area (Å²) in [5.74, 6) is 0.0855. The molecular weight excluding hydrogens is 304 g/mol. The number of aliphatic hydroxyl groups is 1. The van der Waals surface area contributed by atoms with Crippen molar-refractivity contribution in [1.82, 2.24) is 0 Å². The predicted molar refractivity (Wildman–Crippen MR) is 93.5 cm³/mol. The van der Waals surface area contributed by atoms with Crippen LogP contribution in [0.2, 0.25) is 0 Å². The van der Waals surface area contributed by atoms with Crippen molar-refractivity contribution in [2.75, 3.05) is 0 Å². The Balaban J connectivity index is 0.000000240. The molecule has 0 aromatic heterocycles. The van der Waals surface area contributed by atoms with Crippen LogP contribution < -0.4 is 0 Å². The average Bonchev–Trinajstić information content (AvgIpc) is 2.55. The van der Waals surface area contributed by atoms with Crippen molar-refractivity contribution in [1.29, 1.82) is 0 Å². The lowest BCUT2D eigenvalue weighted by Crippen LogP contribution is -1.95. The lowest BCUT2D eigenvalue weighted by Gasteiger charge is -2.03. The van der Waals surface area contributed by atoms with Gasteiger partial charge in [0.25, 0.3) is 0 Å². The Morgan fingerprint density at radius 1 is 0.667 bits per heavy atom. The summed E-state index contributed by atoms with van der Waals surface area (Å²) in [6, 6.07) is 13.6. The van der Waals surface area contributed by atoms with E-state index < -0.39 is 6.10 Å². The molecule has 1 unspecified atom stereocenters. The van der Waals surface area contributed by atoms with Gasteiger partial charge < -0.3 is 5.11 Å². The number of hydrogen-bond acceptors (Lipinski definition) is 4. The summed E-state index contributed by atoms with van der Waals surface area (Å²) < 4.78 is 0. The van der Waals surface area contributed by atoms with E-state index in [1.54, 1.807) is 55.5 Å². The van der Waals surface area contributed by atoms with Gasteiger partial charge in [0.1, 0.15) is 0 Å². The molecule has 0 fully saturated rings. The van der Waals surface area contributed by atoms with Gasteiger partial charge in [-0.1, -0.05) is 48.5 Å². The second-order valence-corrected chi connectivity index (χ2v) is 5.54. The average molecular weight is 326 g/mol. The van der Waals surface area contributed by atoms with Gasteiger partial charge in [-0.3, -0.25) is 14.4 Å². The predicted octanol–water partition coefficient (Wildman–Crippen LogP) is 4.03. The van der Waals surface area contributed by atoms with Crippen LogP contribution in [-0.4, -0.2) is 22.5 Å². The minimum Gasteiger partial charge on any atom is -0.389 e. The minimum atomic E-state index is -0.467. The number of carbonyl (C=O) groups excluding carboxylic acids is 3. The molecule has 4 heteroatoms. The van der Waals surface area contributed by atoms with Crippen LogP contribution >= 0.6 is 0 Å². The fourth-order valence-electron chi connectivity index (χ4n) is 1.94. The zero-order valence-corrected chi connectivity index (χ0v) is 14.4. The number of Topliss-reactive ketones (excluding diaryl/α,β-unsaturated/α-hetero) is 3. The lowest BCUT2D eigenvalue weighted by molar-refractivity contribution is 0.100. The third-order valence-electron chi connectivity index (χ3n) is 3.50. The summed E-state index contributed by atoms with van der Waals surface area (Å²) in [6.07, 6.45) is -0.467. The van der Waals surface area contributed by atoms with E-state index in [4.69, 9.17) is 5.11 Å². The smallest absolute Gasteiger partial charge is 0.159 e. The van der Waals surface area contributed by atoms with Crippen molar-refractivity contribution in [2.24, 2.45) is 0 Å². The van der Waals surface area contributed by atoms with Gasteiger partial charge in [-0.05, 0) is 33.3 Å². The van der Waals surface area contributed by atoms with Crippen molar-refractivity contribution in [3.8, 4) is 0 Å². The van der Waals surface area contributed by atoms with Crippen LogP contribution in [0.1, 0.15) is 70.4 Å². The van der Waals surface area contributed by atoms with E-state index in [1.807, 2.05) is 0 Å². The van der Waals surface area contributed by atoms with Crippen molar-refractivity contribution >= 4 is 17.3 Å². The van der Waals surface area contributed by atoms with Gasteiger partial charge in [-0.25, -0.2) is 0 Å². The molecule has 0 amide bonds. The van der Waals surface area contributed by atoms with Gasteiger partial charge in [0, 0.05) is 16.7 Å². The molecule has 0 aliphatic rings. The Kier molecular flexibility index (Phi) is 7.21. The zero-order valence-electron chi connectivity index (χ0n) is 14.4. The molecule has 0 saturated heterocycles. The first-order valence-electron chi connectivity index (χ1n) is 7.63. The molecule has 0 saturated carbocycles. The monoisotopic (exact) mass is 326 g/mol. The van der Waals surface area contributed by atoms with E-state index in [2.05, 4.69) is 0 Å². The normalized spacial score (nSPS) is 11.0. The molecule has 0 spiro atoms. The van der Waals surface area contributed by atoms with E-state index in [9.17, 15) is 14.4 Å². The quantitative estimate of drug-likeness (QED) is 0.861. The molecule has 4 nitrogen and oxygen atoms in total. The number of rotatable bonds is 4. The molecule has 0 aliphatic carbocycles. The van der Waals surface area contributed by atoms with Crippen LogP contribution in [0.4, 0.5) is 0 Å². The number of aliphatic hydroxyl groups excluding tert-OH is 1.